The van der Waals surface area contributed by atoms with Gasteiger partial charge in [0.15, 0.2) is 0 Å². The number of anilines is 1. The molecule has 1 unspecified atom stereocenters. The molecular weight excluding hydrogens is 420 g/mol. The minimum absolute atomic E-state index is 0.202. The molecule has 0 aliphatic rings. The van der Waals surface area contributed by atoms with Crippen LogP contribution in [-0.2, 0) is 16.1 Å². The summed E-state index contributed by atoms with van der Waals surface area (Å²) in [4.78, 5) is 28.3. The normalized spacial score (nSPS) is 12.2. The van der Waals surface area contributed by atoms with Crippen molar-refractivity contribution in [2.75, 3.05) is 4.90 Å². The third-order valence-corrected chi connectivity index (χ3v) is 5.41. The van der Waals surface area contributed by atoms with E-state index in [1.807, 2.05) is 73.7 Å². The smallest absolute Gasteiger partial charge is 0.254 e. The number of rotatable bonds is 8. The summed E-state index contributed by atoms with van der Waals surface area (Å²) in [6, 6.07) is 25.7. The van der Waals surface area contributed by atoms with Crippen LogP contribution in [0.15, 0.2) is 90.5 Å². The highest BCUT2D eigenvalue weighted by Gasteiger charge is 2.30. The number of benzene rings is 3. The first kappa shape index (κ1) is 23.3. The fourth-order valence-electron chi connectivity index (χ4n) is 3.48. The van der Waals surface area contributed by atoms with E-state index in [1.165, 1.54) is 0 Å². The van der Waals surface area contributed by atoms with Gasteiger partial charge in [-0.1, -0.05) is 79.2 Å². The van der Waals surface area contributed by atoms with E-state index in [2.05, 4.69) is 5.32 Å². The van der Waals surface area contributed by atoms with Gasteiger partial charge in [0.2, 0.25) is 5.91 Å². The van der Waals surface area contributed by atoms with Gasteiger partial charge in [-0.15, -0.1) is 0 Å². The molecule has 4 nitrogen and oxygen atoms in total. The summed E-state index contributed by atoms with van der Waals surface area (Å²) in [6.45, 7) is 4.07. The van der Waals surface area contributed by atoms with Crippen molar-refractivity contribution in [3.8, 4) is 0 Å². The van der Waals surface area contributed by atoms with Gasteiger partial charge in [-0.3, -0.25) is 14.5 Å². The molecule has 32 heavy (non-hydrogen) atoms. The molecule has 0 saturated carbocycles. The zero-order valence-electron chi connectivity index (χ0n) is 18.3. The molecule has 0 bridgehead atoms. The molecule has 0 fully saturated rings. The lowest BCUT2D eigenvalue weighted by molar-refractivity contribution is -0.125. The van der Waals surface area contributed by atoms with Crippen LogP contribution < -0.4 is 10.2 Å². The first-order valence-corrected chi connectivity index (χ1v) is 11.0. The second kappa shape index (κ2) is 11.3. The molecule has 3 rings (SSSR count). The number of hydrogen-bond acceptors (Lipinski definition) is 2. The van der Waals surface area contributed by atoms with Crippen molar-refractivity contribution in [3.63, 3.8) is 0 Å². The summed E-state index contributed by atoms with van der Waals surface area (Å²) in [5.41, 5.74) is 3.10. The van der Waals surface area contributed by atoms with E-state index >= 15 is 0 Å². The molecule has 2 amide bonds. The van der Waals surface area contributed by atoms with E-state index in [1.54, 1.807) is 36.1 Å². The Labute approximate surface area is 194 Å². The Morgan fingerprint density at radius 1 is 0.938 bits per heavy atom. The Kier molecular flexibility index (Phi) is 8.23. The van der Waals surface area contributed by atoms with Crippen LogP contribution in [-0.4, -0.2) is 17.9 Å². The number of hydrogen-bond donors (Lipinski definition) is 1. The van der Waals surface area contributed by atoms with Crippen LogP contribution in [0.4, 0.5) is 5.69 Å². The van der Waals surface area contributed by atoms with Crippen molar-refractivity contribution in [2.45, 2.75) is 32.9 Å². The number of carbonyl (C=O) groups excluding carboxylic acids is 2. The van der Waals surface area contributed by atoms with Crippen molar-refractivity contribution in [1.29, 1.82) is 0 Å². The number of nitrogens with one attached hydrogen (secondary N) is 1. The Morgan fingerprint density at radius 3 is 2.12 bits per heavy atom. The van der Waals surface area contributed by atoms with Crippen LogP contribution >= 0.6 is 11.6 Å². The molecule has 0 aromatic heterocycles. The summed E-state index contributed by atoms with van der Waals surface area (Å²) in [7, 11) is 0. The van der Waals surface area contributed by atoms with E-state index in [0.717, 1.165) is 11.1 Å². The molecule has 5 heteroatoms. The zero-order chi connectivity index (χ0) is 22.9. The molecule has 1 atom stereocenters. The predicted octanol–water partition coefficient (Wildman–Crippen LogP) is 5.87. The fraction of sp³-hybridized carbons (Fsp3) is 0.185. The van der Waals surface area contributed by atoms with Gasteiger partial charge < -0.3 is 5.32 Å². The second-order valence-corrected chi connectivity index (χ2v) is 7.95. The topological polar surface area (TPSA) is 49.4 Å². The maximum Gasteiger partial charge on any atom is 0.254 e. The van der Waals surface area contributed by atoms with Gasteiger partial charge in [-0.05, 0) is 54.8 Å². The van der Waals surface area contributed by atoms with Crippen LogP contribution in [0.25, 0.3) is 6.08 Å². The summed E-state index contributed by atoms with van der Waals surface area (Å²) in [5, 5.41) is 3.55. The molecule has 0 spiro atoms. The zero-order valence-corrected chi connectivity index (χ0v) is 19.0. The molecule has 0 heterocycles. The van der Waals surface area contributed by atoms with Crippen molar-refractivity contribution in [2.24, 2.45) is 0 Å². The lowest BCUT2D eigenvalue weighted by atomic mass is 10.1. The highest BCUT2D eigenvalue weighted by molar-refractivity contribution is 6.30. The molecule has 0 aliphatic heterocycles. The lowest BCUT2D eigenvalue weighted by Gasteiger charge is -2.31. The number of carbonyl (C=O) groups is 2. The van der Waals surface area contributed by atoms with Gasteiger partial charge >= 0.3 is 0 Å². The molecule has 3 aromatic rings. The van der Waals surface area contributed by atoms with Gasteiger partial charge in [0.25, 0.3) is 5.91 Å². The SMILES string of the molecule is CCC(C(=O)NCc1ccccc1)N(C(=O)/C(C)=C/c1ccccc1)c1ccc(Cl)cc1. The van der Waals surface area contributed by atoms with E-state index in [4.69, 9.17) is 11.6 Å². The Hall–Kier alpha value is -3.37. The maximum absolute atomic E-state index is 13.6. The first-order valence-electron chi connectivity index (χ1n) is 10.6. The summed E-state index contributed by atoms with van der Waals surface area (Å²) < 4.78 is 0. The Morgan fingerprint density at radius 2 is 1.53 bits per heavy atom. The average molecular weight is 447 g/mol. The Bertz CT molecular complexity index is 1060. The minimum Gasteiger partial charge on any atom is -0.350 e. The quantitative estimate of drug-likeness (QED) is 0.440. The highest BCUT2D eigenvalue weighted by Crippen LogP contribution is 2.24. The largest absolute Gasteiger partial charge is 0.350 e. The lowest BCUT2D eigenvalue weighted by Crippen LogP contribution is -2.49. The monoisotopic (exact) mass is 446 g/mol. The van der Waals surface area contributed by atoms with Gasteiger partial charge in [-0.25, -0.2) is 0 Å². The molecule has 0 aliphatic carbocycles. The van der Waals surface area contributed by atoms with Crippen molar-refractivity contribution in [3.05, 3.63) is 107 Å². The van der Waals surface area contributed by atoms with Crippen LogP contribution in [0.5, 0.6) is 0 Å². The van der Waals surface area contributed by atoms with Crippen molar-refractivity contribution < 1.29 is 9.59 Å². The van der Waals surface area contributed by atoms with Gasteiger partial charge in [0.1, 0.15) is 6.04 Å². The van der Waals surface area contributed by atoms with E-state index < -0.39 is 6.04 Å². The number of amides is 2. The summed E-state index contributed by atoms with van der Waals surface area (Å²) in [5.74, 6) is -0.426. The van der Waals surface area contributed by atoms with E-state index in [-0.39, 0.29) is 11.8 Å². The summed E-state index contributed by atoms with van der Waals surface area (Å²) in [6.07, 6.45) is 2.30. The van der Waals surface area contributed by atoms with Gasteiger partial charge in [0.05, 0.1) is 0 Å². The molecular formula is C27H27ClN2O2. The van der Waals surface area contributed by atoms with Gasteiger partial charge in [0, 0.05) is 22.8 Å². The minimum atomic E-state index is -0.661. The van der Waals surface area contributed by atoms with Crippen LogP contribution in [0, 0.1) is 0 Å². The van der Waals surface area contributed by atoms with Crippen LogP contribution in [0.2, 0.25) is 5.02 Å². The standard InChI is InChI=1S/C27H27ClN2O2/c1-3-25(26(31)29-19-22-12-8-5-9-13-22)30(24-16-14-23(28)15-17-24)27(32)20(2)18-21-10-6-4-7-11-21/h4-18,25H,3,19H2,1-2H3,(H,29,31)/b20-18+. The fourth-order valence-corrected chi connectivity index (χ4v) is 3.61. The average Bonchev–Trinajstić information content (AvgIpc) is 2.82. The van der Waals surface area contributed by atoms with E-state index in [9.17, 15) is 9.59 Å². The van der Waals surface area contributed by atoms with Crippen LogP contribution in [0.1, 0.15) is 31.4 Å². The maximum atomic E-state index is 13.6. The molecule has 0 saturated heterocycles. The third kappa shape index (κ3) is 6.08. The van der Waals surface area contributed by atoms with Gasteiger partial charge in [-0.2, -0.15) is 0 Å². The highest BCUT2D eigenvalue weighted by atomic mass is 35.5. The Balaban J connectivity index is 1.89. The molecule has 3 aromatic carbocycles. The molecule has 164 valence electrons. The molecule has 0 radical (unpaired) electrons. The first-order chi connectivity index (χ1) is 15.5. The van der Waals surface area contributed by atoms with Crippen LogP contribution in [0.3, 0.4) is 0 Å². The van der Waals surface area contributed by atoms with Crippen molar-refractivity contribution >= 4 is 35.2 Å². The third-order valence-electron chi connectivity index (χ3n) is 5.15. The van der Waals surface area contributed by atoms with Crippen molar-refractivity contribution in [1.82, 2.24) is 5.32 Å². The summed E-state index contributed by atoms with van der Waals surface area (Å²) >= 11 is 6.07. The second-order valence-electron chi connectivity index (χ2n) is 7.52. The number of nitrogens with zero attached hydrogens (tertiary/aromatic N) is 1. The predicted molar refractivity (Wildman–Crippen MR) is 131 cm³/mol. The molecule has 1 N–H and O–H groups in total. The van der Waals surface area contributed by atoms with E-state index in [0.29, 0.717) is 29.2 Å². The number of halogens is 1.